The molecule has 0 heterocycles. The molecule has 37 heavy (non-hydrogen) atoms. The molecule has 6 nitrogen and oxygen atoms in total. The number of ketones is 1. The van der Waals surface area contributed by atoms with Crippen molar-refractivity contribution in [3.05, 3.63) is 101 Å². The smallest absolute Gasteiger partial charge is 0.306 e. The largest absolute Gasteiger partial charge is 0.469 e. The summed E-state index contributed by atoms with van der Waals surface area (Å²) in [6.45, 7) is 9.99. The van der Waals surface area contributed by atoms with Crippen LogP contribution in [0.4, 0.5) is 0 Å². The molecule has 1 unspecified atom stereocenters. The molecule has 0 bridgehead atoms. The van der Waals surface area contributed by atoms with E-state index in [0.717, 1.165) is 18.4 Å². The van der Waals surface area contributed by atoms with Crippen LogP contribution in [0.1, 0.15) is 59.3 Å². The van der Waals surface area contributed by atoms with Gasteiger partial charge in [0.2, 0.25) is 0 Å². The Bertz CT molecular complexity index is 1330. The van der Waals surface area contributed by atoms with E-state index in [1.54, 1.807) is 31.2 Å². The molecule has 0 aliphatic heterocycles. The molecule has 3 aromatic carbocycles. The molecule has 2 N–H and O–H groups in total. The number of carbonyl (C=O) groups is 2. The highest BCUT2D eigenvalue weighted by Gasteiger charge is 2.19. The molecule has 0 aliphatic carbocycles. The van der Waals surface area contributed by atoms with Crippen molar-refractivity contribution < 1.29 is 19.2 Å². The van der Waals surface area contributed by atoms with Crippen LogP contribution >= 0.6 is 0 Å². The van der Waals surface area contributed by atoms with E-state index in [1.165, 1.54) is 29.4 Å². The summed E-state index contributed by atoms with van der Waals surface area (Å²) >= 11 is 0. The molecule has 0 aliphatic rings. The van der Waals surface area contributed by atoms with Gasteiger partial charge < -0.3 is 15.3 Å². The number of hydrogen-bond donors (Lipinski definition) is 1. The SMILES string of the molecule is C=C(O/N=C(\N)c1cccc(C(=O)C(C)CC(=O)OC)c1)c1ccc(-c2ccccc2C)c(CCC)c1. The van der Waals surface area contributed by atoms with Crippen LogP contribution < -0.4 is 5.73 Å². The van der Waals surface area contributed by atoms with E-state index in [0.29, 0.717) is 16.9 Å². The zero-order valence-electron chi connectivity index (χ0n) is 21.9. The number of nitrogens with two attached hydrogens (primary N) is 1. The minimum atomic E-state index is -0.517. The van der Waals surface area contributed by atoms with Crippen LogP contribution in [0.25, 0.3) is 16.9 Å². The number of methoxy groups -OCH3 is 1. The Morgan fingerprint density at radius 1 is 0.973 bits per heavy atom. The first-order valence-electron chi connectivity index (χ1n) is 12.3. The summed E-state index contributed by atoms with van der Waals surface area (Å²) in [6.07, 6.45) is 1.94. The van der Waals surface area contributed by atoms with E-state index < -0.39 is 11.9 Å². The maximum absolute atomic E-state index is 12.7. The molecule has 6 heteroatoms. The van der Waals surface area contributed by atoms with Crippen molar-refractivity contribution in [3.8, 4) is 11.1 Å². The van der Waals surface area contributed by atoms with Gasteiger partial charge in [-0.25, -0.2) is 0 Å². The topological polar surface area (TPSA) is 91.0 Å². The van der Waals surface area contributed by atoms with Gasteiger partial charge in [-0.1, -0.05) is 86.6 Å². The summed E-state index contributed by atoms with van der Waals surface area (Å²) in [5.74, 6) is -0.643. The third-order valence-corrected chi connectivity index (χ3v) is 6.23. The standard InChI is InChI=1S/C31H34N2O4/c1-6-10-24-18-23(15-16-28(24)27-14-8-7-11-20(27)2)22(4)37-33-31(32)26-13-9-12-25(19-26)30(35)21(3)17-29(34)36-5/h7-9,11-16,18-19,21H,4,6,10,17H2,1-3,5H3,(H2,32,33). The maximum Gasteiger partial charge on any atom is 0.306 e. The highest BCUT2D eigenvalue weighted by Crippen LogP contribution is 2.30. The van der Waals surface area contributed by atoms with Crippen molar-refractivity contribution in [2.75, 3.05) is 7.11 Å². The lowest BCUT2D eigenvalue weighted by atomic mass is 9.92. The number of amidine groups is 1. The number of nitrogens with zero attached hydrogens (tertiary/aromatic N) is 1. The number of hydrogen-bond acceptors (Lipinski definition) is 5. The van der Waals surface area contributed by atoms with Gasteiger partial charge in [0.25, 0.3) is 0 Å². The Balaban J connectivity index is 1.77. The lowest BCUT2D eigenvalue weighted by Crippen LogP contribution is -2.18. The Hall–Kier alpha value is -4.19. The van der Waals surface area contributed by atoms with Crippen molar-refractivity contribution in [2.24, 2.45) is 16.8 Å². The Labute approximate surface area is 218 Å². The average Bonchev–Trinajstić information content (AvgIpc) is 2.91. The zero-order valence-corrected chi connectivity index (χ0v) is 21.9. The Morgan fingerprint density at radius 2 is 1.70 bits per heavy atom. The van der Waals surface area contributed by atoms with Crippen molar-refractivity contribution in [1.82, 2.24) is 0 Å². The van der Waals surface area contributed by atoms with Crippen LogP contribution in [0.5, 0.6) is 0 Å². The fourth-order valence-electron chi connectivity index (χ4n) is 4.13. The van der Waals surface area contributed by atoms with Gasteiger partial charge in [-0.15, -0.1) is 0 Å². The first-order chi connectivity index (χ1) is 17.7. The molecule has 0 saturated heterocycles. The van der Waals surface area contributed by atoms with Gasteiger partial charge in [0, 0.05) is 22.6 Å². The van der Waals surface area contributed by atoms with Gasteiger partial charge in [-0.05, 0) is 47.7 Å². The minimum Gasteiger partial charge on any atom is -0.469 e. The summed E-state index contributed by atoms with van der Waals surface area (Å²) in [7, 11) is 1.30. The summed E-state index contributed by atoms with van der Waals surface area (Å²) in [4.78, 5) is 29.8. The average molecular weight is 499 g/mol. The quantitative estimate of drug-likeness (QED) is 0.0836. The highest BCUT2D eigenvalue weighted by molar-refractivity contribution is 6.03. The van der Waals surface area contributed by atoms with Crippen molar-refractivity contribution in [3.63, 3.8) is 0 Å². The number of benzene rings is 3. The van der Waals surface area contributed by atoms with Gasteiger partial charge in [-0.2, -0.15) is 0 Å². The van der Waals surface area contributed by atoms with Crippen molar-refractivity contribution in [2.45, 2.75) is 40.0 Å². The number of oxime groups is 1. The molecule has 0 saturated carbocycles. The number of carbonyl (C=O) groups excluding carboxylic acids is 2. The fraction of sp³-hybridized carbons (Fsp3) is 0.258. The molecule has 0 radical (unpaired) electrons. The fourth-order valence-corrected chi connectivity index (χ4v) is 4.13. The first-order valence-corrected chi connectivity index (χ1v) is 12.3. The molecule has 0 aromatic heterocycles. The second-order valence-corrected chi connectivity index (χ2v) is 9.05. The molecule has 192 valence electrons. The van der Waals surface area contributed by atoms with Crippen LogP contribution in [-0.4, -0.2) is 24.7 Å². The number of Topliss-reactive ketones (excluding diaryl/α,β-unsaturated/α-hetero) is 1. The lowest BCUT2D eigenvalue weighted by Gasteiger charge is -2.14. The van der Waals surface area contributed by atoms with E-state index in [2.05, 4.69) is 54.6 Å². The second kappa shape index (κ2) is 12.7. The molecule has 0 spiro atoms. The predicted molar refractivity (Wildman–Crippen MR) is 148 cm³/mol. The van der Waals surface area contributed by atoms with Gasteiger partial charge in [0.15, 0.2) is 17.4 Å². The summed E-state index contributed by atoms with van der Waals surface area (Å²) in [5, 5.41) is 4.06. The molecule has 3 aromatic rings. The third kappa shape index (κ3) is 6.94. The van der Waals surface area contributed by atoms with E-state index >= 15 is 0 Å². The van der Waals surface area contributed by atoms with Gasteiger partial charge >= 0.3 is 5.97 Å². The highest BCUT2D eigenvalue weighted by atomic mass is 16.6. The predicted octanol–water partition coefficient (Wildman–Crippen LogP) is 6.30. The number of rotatable bonds is 11. The summed E-state index contributed by atoms with van der Waals surface area (Å²) < 4.78 is 4.66. The third-order valence-electron chi connectivity index (χ3n) is 6.23. The summed E-state index contributed by atoms with van der Waals surface area (Å²) in [5.41, 5.74) is 12.8. The van der Waals surface area contributed by atoms with Crippen molar-refractivity contribution in [1.29, 1.82) is 0 Å². The second-order valence-electron chi connectivity index (χ2n) is 9.05. The van der Waals surface area contributed by atoms with Crippen LogP contribution in [0, 0.1) is 12.8 Å². The maximum atomic E-state index is 12.7. The molecule has 1 atom stereocenters. The van der Waals surface area contributed by atoms with E-state index in [4.69, 9.17) is 10.6 Å². The minimum absolute atomic E-state index is 0.00865. The van der Waals surface area contributed by atoms with Crippen LogP contribution in [0.2, 0.25) is 0 Å². The van der Waals surface area contributed by atoms with E-state index in [-0.39, 0.29) is 18.0 Å². The lowest BCUT2D eigenvalue weighted by molar-refractivity contribution is -0.141. The Morgan fingerprint density at radius 3 is 2.41 bits per heavy atom. The summed E-state index contributed by atoms with van der Waals surface area (Å²) in [6, 6.07) is 21.3. The number of ether oxygens (including phenoxy) is 1. The Kier molecular flexibility index (Phi) is 9.39. The monoisotopic (exact) mass is 498 g/mol. The van der Waals surface area contributed by atoms with Gasteiger partial charge in [0.1, 0.15) is 0 Å². The molecular weight excluding hydrogens is 464 g/mol. The molecule has 0 fully saturated rings. The van der Waals surface area contributed by atoms with Gasteiger partial charge in [0.05, 0.1) is 13.5 Å². The van der Waals surface area contributed by atoms with Gasteiger partial charge in [-0.3, -0.25) is 9.59 Å². The van der Waals surface area contributed by atoms with Crippen LogP contribution in [-0.2, 0) is 20.8 Å². The van der Waals surface area contributed by atoms with E-state index in [1.807, 2.05) is 18.2 Å². The molecule has 0 amide bonds. The number of aryl methyl sites for hydroxylation is 2. The molecular formula is C31H34N2O4. The molecule has 3 rings (SSSR count). The van der Waals surface area contributed by atoms with Crippen LogP contribution in [0.3, 0.4) is 0 Å². The first kappa shape index (κ1) is 27.4. The van der Waals surface area contributed by atoms with Crippen molar-refractivity contribution >= 4 is 23.3 Å². The van der Waals surface area contributed by atoms with Crippen LogP contribution in [0.15, 0.2) is 78.5 Å². The number of esters is 1. The normalized spacial score (nSPS) is 12.1. The van der Waals surface area contributed by atoms with E-state index in [9.17, 15) is 9.59 Å². The zero-order chi connectivity index (χ0) is 26.9.